The lowest BCUT2D eigenvalue weighted by atomic mass is 10.1. The van der Waals surface area contributed by atoms with Gasteiger partial charge in [0, 0.05) is 11.6 Å². The highest BCUT2D eigenvalue weighted by atomic mass is 79.9. The second-order valence-corrected chi connectivity index (χ2v) is 7.54. The van der Waals surface area contributed by atoms with E-state index in [-0.39, 0.29) is 5.56 Å². The fourth-order valence-corrected chi connectivity index (χ4v) is 3.36. The van der Waals surface area contributed by atoms with Crippen molar-refractivity contribution < 1.29 is 19.4 Å². The first-order valence-electron chi connectivity index (χ1n) is 8.77. The Kier molecular flexibility index (Phi) is 7.01. The summed E-state index contributed by atoms with van der Waals surface area (Å²) < 4.78 is 12.0. The average Bonchev–Trinajstić information content (AvgIpc) is 2.72. The summed E-state index contributed by atoms with van der Waals surface area (Å²) in [6, 6.07) is 18.0. The Morgan fingerprint density at radius 3 is 2.38 bits per heavy atom. The van der Waals surface area contributed by atoms with Crippen LogP contribution in [0.5, 0.6) is 11.5 Å². The van der Waals surface area contributed by atoms with Crippen molar-refractivity contribution in [2.75, 3.05) is 12.4 Å². The summed E-state index contributed by atoms with van der Waals surface area (Å²) in [5, 5.41) is 13.1. The van der Waals surface area contributed by atoms with Crippen LogP contribution in [0.4, 0.5) is 5.69 Å². The van der Waals surface area contributed by atoms with Crippen LogP contribution in [0.15, 0.2) is 65.1 Å². The molecule has 0 saturated carbocycles. The summed E-state index contributed by atoms with van der Waals surface area (Å²) >= 11 is 9.44. The smallest absolute Gasteiger partial charge is 0.335 e. The van der Waals surface area contributed by atoms with Crippen LogP contribution in [0.3, 0.4) is 0 Å². The zero-order chi connectivity index (χ0) is 20.8. The zero-order valence-electron chi connectivity index (χ0n) is 15.6. The third-order valence-corrected chi connectivity index (χ3v) is 5.10. The van der Waals surface area contributed by atoms with Gasteiger partial charge >= 0.3 is 5.97 Å². The van der Waals surface area contributed by atoms with Gasteiger partial charge in [0.2, 0.25) is 0 Å². The van der Waals surface area contributed by atoms with Crippen molar-refractivity contribution in [1.82, 2.24) is 0 Å². The molecule has 0 spiro atoms. The van der Waals surface area contributed by atoms with E-state index in [9.17, 15) is 9.90 Å². The molecule has 0 atom stereocenters. The zero-order valence-corrected chi connectivity index (χ0v) is 18.0. The first kappa shape index (κ1) is 21.0. The third-order valence-electron chi connectivity index (χ3n) is 4.23. The Bertz CT molecular complexity index is 1010. The molecule has 2 N–H and O–H groups in total. The Balaban J connectivity index is 1.65. The number of carbonyl (C=O) groups is 1. The number of ether oxygens (including phenoxy) is 2. The van der Waals surface area contributed by atoms with Gasteiger partial charge in [0.05, 0.1) is 22.8 Å². The lowest BCUT2D eigenvalue weighted by Gasteiger charge is -2.13. The van der Waals surface area contributed by atoms with Gasteiger partial charge in [-0.25, -0.2) is 4.79 Å². The van der Waals surface area contributed by atoms with Crippen LogP contribution in [0.1, 0.15) is 21.5 Å². The summed E-state index contributed by atoms with van der Waals surface area (Å²) in [6.45, 7) is 0.933. The number of benzene rings is 3. The van der Waals surface area contributed by atoms with Crippen molar-refractivity contribution >= 4 is 39.2 Å². The van der Waals surface area contributed by atoms with E-state index in [0.29, 0.717) is 29.6 Å². The molecule has 0 unspecified atom stereocenters. The second kappa shape index (κ2) is 9.67. The average molecular weight is 477 g/mol. The van der Waals surface area contributed by atoms with Crippen LogP contribution in [-0.2, 0) is 13.2 Å². The largest absolute Gasteiger partial charge is 0.495 e. The van der Waals surface area contributed by atoms with E-state index in [4.69, 9.17) is 21.1 Å². The van der Waals surface area contributed by atoms with Gasteiger partial charge in [0.1, 0.15) is 18.1 Å². The first-order chi connectivity index (χ1) is 14.0. The molecule has 0 aliphatic carbocycles. The minimum absolute atomic E-state index is 0.195. The van der Waals surface area contributed by atoms with Crippen LogP contribution >= 0.6 is 27.5 Å². The minimum atomic E-state index is -0.986. The highest BCUT2D eigenvalue weighted by Crippen LogP contribution is 2.29. The normalized spacial score (nSPS) is 10.4. The third kappa shape index (κ3) is 5.65. The molecule has 3 aromatic rings. The lowest BCUT2D eigenvalue weighted by molar-refractivity contribution is 0.0697. The van der Waals surface area contributed by atoms with Crippen molar-refractivity contribution in [1.29, 1.82) is 0 Å². The number of halogens is 2. The summed E-state index contributed by atoms with van der Waals surface area (Å²) in [5.74, 6) is 0.326. The van der Waals surface area contributed by atoms with Crippen molar-refractivity contribution in [3.8, 4) is 11.5 Å². The monoisotopic (exact) mass is 475 g/mol. The maximum absolute atomic E-state index is 11.2. The predicted octanol–water partition coefficient (Wildman–Crippen LogP) is 6.00. The van der Waals surface area contributed by atoms with Gasteiger partial charge in [-0.05, 0) is 69.5 Å². The molecule has 3 aromatic carbocycles. The number of hydrogen-bond acceptors (Lipinski definition) is 4. The number of rotatable bonds is 8. The fraction of sp³-hybridized carbons (Fsp3) is 0.136. The highest BCUT2D eigenvalue weighted by Gasteiger charge is 2.10. The molecule has 0 aliphatic heterocycles. The summed E-state index contributed by atoms with van der Waals surface area (Å²) in [5.41, 5.74) is 2.84. The van der Waals surface area contributed by atoms with Gasteiger partial charge in [-0.15, -0.1) is 0 Å². The van der Waals surface area contributed by atoms with E-state index in [1.54, 1.807) is 19.2 Å². The van der Waals surface area contributed by atoms with E-state index in [1.165, 1.54) is 6.07 Å². The highest BCUT2D eigenvalue weighted by molar-refractivity contribution is 9.10. The Morgan fingerprint density at radius 2 is 1.72 bits per heavy atom. The fourth-order valence-electron chi connectivity index (χ4n) is 2.69. The molecule has 0 heterocycles. The predicted molar refractivity (Wildman–Crippen MR) is 117 cm³/mol. The Morgan fingerprint density at radius 1 is 1.03 bits per heavy atom. The summed E-state index contributed by atoms with van der Waals surface area (Å²) in [7, 11) is 1.55. The van der Waals surface area contributed by atoms with E-state index in [2.05, 4.69) is 21.2 Å². The number of carboxylic acid groups (broad SMARTS) is 1. The molecule has 150 valence electrons. The Hall–Kier alpha value is -2.70. The molecule has 5 nitrogen and oxygen atoms in total. The number of anilines is 1. The van der Waals surface area contributed by atoms with Gasteiger partial charge in [-0.3, -0.25) is 0 Å². The topological polar surface area (TPSA) is 67.8 Å². The maximum atomic E-state index is 11.2. The number of methoxy groups -OCH3 is 1. The summed E-state index contributed by atoms with van der Waals surface area (Å²) in [4.78, 5) is 11.2. The molecule has 0 amide bonds. The first-order valence-corrected chi connectivity index (χ1v) is 9.94. The molecule has 0 fully saturated rings. The van der Waals surface area contributed by atoms with Crippen LogP contribution in [0.25, 0.3) is 0 Å². The lowest BCUT2D eigenvalue weighted by Crippen LogP contribution is -2.04. The number of hydrogen-bond donors (Lipinski definition) is 2. The summed E-state index contributed by atoms with van der Waals surface area (Å²) in [6.07, 6.45) is 0. The molecule has 7 heteroatoms. The molecule has 0 bridgehead atoms. The number of nitrogens with one attached hydrogen (secondary N) is 1. The molecular formula is C22H19BrClNO4. The molecule has 3 rings (SSSR count). The van der Waals surface area contributed by atoms with E-state index >= 15 is 0 Å². The SMILES string of the molecule is COc1ccc(C(=O)O)cc1NCc1ccc(OCc2ccc(Cl)cc2)c(Br)c1. The minimum Gasteiger partial charge on any atom is -0.495 e. The van der Waals surface area contributed by atoms with Crippen molar-refractivity contribution in [2.45, 2.75) is 13.2 Å². The van der Waals surface area contributed by atoms with Crippen molar-refractivity contribution in [3.05, 3.63) is 86.8 Å². The molecule has 0 aromatic heterocycles. The van der Waals surface area contributed by atoms with E-state index < -0.39 is 5.97 Å². The van der Waals surface area contributed by atoms with E-state index in [0.717, 1.165) is 21.3 Å². The van der Waals surface area contributed by atoms with Gasteiger partial charge in [0.25, 0.3) is 0 Å². The van der Waals surface area contributed by atoms with Gasteiger partial charge in [-0.2, -0.15) is 0 Å². The number of carboxylic acids is 1. The molecule has 0 radical (unpaired) electrons. The molecule has 0 saturated heterocycles. The standard InChI is InChI=1S/C22H19BrClNO4/c1-28-21-9-5-16(22(26)27)11-19(21)25-12-15-4-8-20(18(23)10-15)29-13-14-2-6-17(24)7-3-14/h2-11,25H,12-13H2,1H3,(H,26,27). The van der Waals surface area contributed by atoms with Crippen LogP contribution in [-0.4, -0.2) is 18.2 Å². The number of aromatic carboxylic acids is 1. The van der Waals surface area contributed by atoms with Crippen molar-refractivity contribution in [2.24, 2.45) is 0 Å². The molecule has 29 heavy (non-hydrogen) atoms. The van der Waals surface area contributed by atoms with Gasteiger partial charge in [-0.1, -0.05) is 29.8 Å². The van der Waals surface area contributed by atoms with E-state index in [1.807, 2.05) is 42.5 Å². The van der Waals surface area contributed by atoms with Gasteiger partial charge in [0.15, 0.2) is 0 Å². The van der Waals surface area contributed by atoms with Crippen LogP contribution in [0.2, 0.25) is 5.02 Å². The molecular weight excluding hydrogens is 458 g/mol. The maximum Gasteiger partial charge on any atom is 0.335 e. The van der Waals surface area contributed by atoms with Crippen LogP contribution in [0, 0.1) is 0 Å². The second-order valence-electron chi connectivity index (χ2n) is 6.25. The van der Waals surface area contributed by atoms with Crippen LogP contribution < -0.4 is 14.8 Å². The molecule has 0 aliphatic rings. The quantitative estimate of drug-likeness (QED) is 0.417. The Labute approximate surface area is 182 Å². The van der Waals surface area contributed by atoms with Crippen molar-refractivity contribution in [3.63, 3.8) is 0 Å². The van der Waals surface area contributed by atoms with Gasteiger partial charge < -0.3 is 19.9 Å².